The van der Waals surface area contributed by atoms with Crippen molar-refractivity contribution in [1.29, 1.82) is 0 Å². The molecule has 0 aliphatic carbocycles. The zero-order chi connectivity index (χ0) is 15.4. The average Bonchev–Trinajstić information content (AvgIpc) is 2.45. The molecule has 0 fully saturated rings. The molecule has 0 bridgehead atoms. The van der Waals surface area contributed by atoms with Gasteiger partial charge in [0.15, 0.2) is 0 Å². The third-order valence-electron chi connectivity index (χ3n) is 2.87. The van der Waals surface area contributed by atoms with E-state index in [2.05, 4.69) is 21.2 Å². The first-order chi connectivity index (χ1) is 9.99. The van der Waals surface area contributed by atoms with Crippen molar-refractivity contribution in [2.24, 2.45) is 0 Å². The minimum Gasteiger partial charge on any atom is -0.478 e. The molecule has 7 heteroatoms. The zero-order valence-electron chi connectivity index (χ0n) is 10.7. The van der Waals surface area contributed by atoms with Gasteiger partial charge in [0.1, 0.15) is 0 Å². The summed E-state index contributed by atoms with van der Waals surface area (Å²) in [4.78, 5) is 21.6. The first kappa shape index (κ1) is 15.0. The maximum atomic E-state index is 11.1. The summed E-state index contributed by atoms with van der Waals surface area (Å²) >= 11 is 3.26. The van der Waals surface area contributed by atoms with Gasteiger partial charge in [0, 0.05) is 28.3 Å². The molecule has 0 aromatic heterocycles. The van der Waals surface area contributed by atoms with E-state index in [0.717, 1.165) is 4.47 Å². The van der Waals surface area contributed by atoms with E-state index in [4.69, 9.17) is 5.11 Å². The molecule has 2 N–H and O–H groups in total. The predicted octanol–water partition coefficient (Wildman–Crippen LogP) is 3.67. The van der Waals surface area contributed by atoms with Gasteiger partial charge >= 0.3 is 5.97 Å². The fraction of sp³-hybridized carbons (Fsp3) is 0.0714. The van der Waals surface area contributed by atoms with Gasteiger partial charge in [-0.1, -0.05) is 28.1 Å². The number of anilines is 1. The second kappa shape index (κ2) is 6.36. The Labute approximate surface area is 128 Å². The van der Waals surface area contributed by atoms with Gasteiger partial charge in [-0.15, -0.1) is 0 Å². The molecule has 0 spiro atoms. The molecule has 2 rings (SSSR count). The third kappa shape index (κ3) is 3.57. The smallest absolute Gasteiger partial charge is 0.337 e. The molecular formula is C14H11BrN2O4. The lowest BCUT2D eigenvalue weighted by molar-refractivity contribution is -0.385. The Morgan fingerprint density at radius 1 is 1.29 bits per heavy atom. The summed E-state index contributed by atoms with van der Waals surface area (Å²) < 4.78 is 0.719. The topological polar surface area (TPSA) is 92.5 Å². The van der Waals surface area contributed by atoms with E-state index >= 15 is 0 Å². The number of carbonyl (C=O) groups is 1. The summed E-state index contributed by atoms with van der Waals surface area (Å²) in [7, 11) is 0. The van der Waals surface area contributed by atoms with Crippen LogP contribution < -0.4 is 5.32 Å². The summed E-state index contributed by atoms with van der Waals surface area (Å²) in [5.41, 5.74) is 0.988. The van der Waals surface area contributed by atoms with E-state index in [0.29, 0.717) is 11.3 Å². The van der Waals surface area contributed by atoms with E-state index in [1.54, 1.807) is 30.3 Å². The van der Waals surface area contributed by atoms with Crippen LogP contribution in [0.25, 0.3) is 0 Å². The normalized spacial score (nSPS) is 10.1. The molecular weight excluding hydrogens is 340 g/mol. The molecule has 2 aromatic carbocycles. The number of carboxylic acids is 1. The van der Waals surface area contributed by atoms with Crippen LogP contribution in [0.15, 0.2) is 46.9 Å². The molecule has 2 aromatic rings. The molecule has 0 aliphatic rings. The molecule has 0 radical (unpaired) electrons. The van der Waals surface area contributed by atoms with Crippen molar-refractivity contribution in [2.45, 2.75) is 6.54 Å². The van der Waals surface area contributed by atoms with Crippen molar-refractivity contribution >= 4 is 33.3 Å². The second-order valence-corrected chi connectivity index (χ2v) is 5.15. The fourth-order valence-electron chi connectivity index (χ4n) is 1.89. The standard InChI is InChI=1S/C14H11BrN2O4/c15-10-5-6-13(17(20)21)9(7-10)8-16-12-4-2-1-3-11(12)14(18)19/h1-7,16H,8H2,(H,18,19). The number of rotatable bonds is 5. The van der Waals surface area contributed by atoms with Crippen molar-refractivity contribution in [3.8, 4) is 0 Å². The van der Waals surface area contributed by atoms with Gasteiger partial charge in [-0.3, -0.25) is 10.1 Å². The average molecular weight is 351 g/mol. The van der Waals surface area contributed by atoms with Gasteiger partial charge < -0.3 is 10.4 Å². The quantitative estimate of drug-likeness (QED) is 0.633. The Morgan fingerprint density at radius 2 is 2.00 bits per heavy atom. The Morgan fingerprint density at radius 3 is 2.67 bits per heavy atom. The zero-order valence-corrected chi connectivity index (χ0v) is 12.3. The van der Waals surface area contributed by atoms with Crippen LogP contribution >= 0.6 is 15.9 Å². The SMILES string of the molecule is O=C(O)c1ccccc1NCc1cc(Br)ccc1[N+](=O)[O-]. The summed E-state index contributed by atoms with van der Waals surface area (Å²) in [6, 6.07) is 11.0. The number of carboxylic acid groups (broad SMARTS) is 1. The molecule has 108 valence electrons. The number of hydrogen-bond donors (Lipinski definition) is 2. The largest absolute Gasteiger partial charge is 0.478 e. The summed E-state index contributed by atoms with van der Waals surface area (Å²) in [5, 5.41) is 23.0. The number of benzene rings is 2. The van der Waals surface area contributed by atoms with Crippen LogP contribution in [-0.4, -0.2) is 16.0 Å². The van der Waals surface area contributed by atoms with E-state index < -0.39 is 10.9 Å². The molecule has 0 heterocycles. The Balaban J connectivity index is 2.27. The molecule has 0 atom stereocenters. The summed E-state index contributed by atoms with van der Waals surface area (Å²) in [5.74, 6) is -1.05. The molecule has 21 heavy (non-hydrogen) atoms. The monoisotopic (exact) mass is 350 g/mol. The van der Waals surface area contributed by atoms with Crippen molar-refractivity contribution in [2.75, 3.05) is 5.32 Å². The number of nitrogens with one attached hydrogen (secondary N) is 1. The van der Waals surface area contributed by atoms with Crippen molar-refractivity contribution < 1.29 is 14.8 Å². The molecule has 0 saturated carbocycles. The van der Waals surface area contributed by atoms with Crippen LogP contribution in [-0.2, 0) is 6.54 Å². The van der Waals surface area contributed by atoms with Gasteiger partial charge in [0.2, 0.25) is 0 Å². The van der Waals surface area contributed by atoms with Gasteiger partial charge in [-0.05, 0) is 24.3 Å². The van der Waals surface area contributed by atoms with Gasteiger partial charge in [-0.25, -0.2) is 4.79 Å². The van der Waals surface area contributed by atoms with Crippen molar-refractivity contribution in [3.63, 3.8) is 0 Å². The second-order valence-electron chi connectivity index (χ2n) is 4.23. The minimum atomic E-state index is -1.05. The van der Waals surface area contributed by atoms with Crippen LogP contribution in [0.3, 0.4) is 0 Å². The van der Waals surface area contributed by atoms with E-state index in [-0.39, 0.29) is 17.8 Å². The number of para-hydroxylation sites is 1. The Bertz CT molecular complexity index is 703. The first-order valence-electron chi connectivity index (χ1n) is 5.98. The Kier molecular flexibility index (Phi) is 4.54. The Hall–Kier alpha value is -2.41. The lowest BCUT2D eigenvalue weighted by atomic mass is 10.1. The number of nitro groups is 1. The predicted molar refractivity (Wildman–Crippen MR) is 81.5 cm³/mol. The highest BCUT2D eigenvalue weighted by molar-refractivity contribution is 9.10. The first-order valence-corrected chi connectivity index (χ1v) is 6.77. The molecule has 6 nitrogen and oxygen atoms in total. The lowest BCUT2D eigenvalue weighted by Gasteiger charge is -2.10. The van der Waals surface area contributed by atoms with E-state index in [1.165, 1.54) is 12.1 Å². The van der Waals surface area contributed by atoms with Crippen LogP contribution in [0.1, 0.15) is 15.9 Å². The summed E-state index contributed by atoms with van der Waals surface area (Å²) in [6.07, 6.45) is 0. The van der Waals surface area contributed by atoms with Crippen LogP contribution in [0.2, 0.25) is 0 Å². The number of aromatic carboxylic acids is 1. The van der Waals surface area contributed by atoms with Crippen molar-refractivity contribution in [1.82, 2.24) is 0 Å². The van der Waals surface area contributed by atoms with Gasteiger partial charge in [-0.2, -0.15) is 0 Å². The number of nitrogens with zero attached hydrogens (tertiary/aromatic N) is 1. The molecule has 0 unspecified atom stereocenters. The number of halogens is 1. The van der Waals surface area contributed by atoms with E-state index in [9.17, 15) is 14.9 Å². The highest BCUT2D eigenvalue weighted by atomic mass is 79.9. The third-order valence-corrected chi connectivity index (χ3v) is 3.36. The molecule has 0 saturated heterocycles. The minimum absolute atomic E-state index is 0.0153. The maximum Gasteiger partial charge on any atom is 0.337 e. The fourth-order valence-corrected chi connectivity index (χ4v) is 2.30. The maximum absolute atomic E-state index is 11.1. The number of nitro benzene ring substituents is 1. The molecule has 0 aliphatic heterocycles. The lowest BCUT2D eigenvalue weighted by Crippen LogP contribution is -2.07. The van der Waals surface area contributed by atoms with Gasteiger partial charge in [0.05, 0.1) is 10.5 Å². The highest BCUT2D eigenvalue weighted by Crippen LogP contribution is 2.24. The van der Waals surface area contributed by atoms with E-state index in [1.807, 2.05) is 0 Å². The highest BCUT2D eigenvalue weighted by Gasteiger charge is 2.15. The molecule has 0 amide bonds. The summed E-state index contributed by atoms with van der Waals surface area (Å²) in [6.45, 7) is 0.153. The van der Waals surface area contributed by atoms with Crippen LogP contribution in [0.5, 0.6) is 0 Å². The van der Waals surface area contributed by atoms with Gasteiger partial charge in [0.25, 0.3) is 5.69 Å². The van der Waals surface area contributed by atoms with Crippen molar-refractivity contribution in [3.05, 3.63) is 68.2 Å². The number of hydrogen-bond acceptors (Lipinski definition) is 4. The van der Waals surface area contributed by atoms with Crippen LogP contribution in [0.4, 0.5) is 11.4 Å². The van der Waals surface area contributed by atoms with Crippen LogP contribution in [0, 0.1) is 10.1 Å².